The lowest BCUT2D eigenvalue weighted by Crippen LogP contribution is -2.13. The summed E-state index contributed by atoms with van der Waals surface area (Å²) in [4.78, 5) is 4.57. The van der Waals surface area contributed by atoms with E-state index < -0.39 is 10.0 Å². The van der Waals surface area contributed by atoms with Gasteiger partial charge < -0.3 is 0 Å². The molecule has 2 aromatic carbocycles. The normalized spacial score (nSPS) is 11.6. The van der Waals surface area contributed by atoms with Crippen molar-refractivity contribution in [3.63, 3.8) is 0 Å². The van der Waals surface area contributed by atoms with Crippen LogP contribution in [0.4, 0.5) is 5.69 Å². The number of hydrogen-bond donors (Lipinski definition) is 1. The van der Waals surface area contributed by atoms with Crippen molar-refractivity contribution in [2.45, 2.75) is 50.3 Å². The minimum Gasteiger partial charge on any atom is -0.277 e. The molecule has 1 N–H and O–H groups in total. The van der Waals surface area contributed by atoms with Crippen LogP contribution < -0.4 is 4.72 Å². The van der Waals surface area contributed by atoms with E-state index in [-0.39, 0.29) is 4.90 Å². The Hall–Kier alpha value is -2.40. The van der Waals surface area contributed by atoms with E-state index in [4.69, 9.17) is 0 Å². The standard InChI is InChI=1S/C22H26N2O2S/c1-2-3-4-5-6-9-18-13-15-20(16-14-18)27(25,26)24-21-12-7-10-19-11-8-17-23-22(19)21/h7-8,10-17,24H,2-6,9H2,1H3. The van der Waals surface area contributed by atoms with Gasteiger partial charge in [-0.15, -0.1) is 0 Å². The first-order chi connectivity index (χ1) is 13.1. The predicted molar refractivity (Wildman–Crippen MR) is 111 cm³/mol. The number of rotatable bonds is 9. The van der Waals surface area contributed by atoms with Gasteiger partial charge in [0.2, 0.25) is 0 Å². The fourth-order valence-corrected chi connectivity index (χ4v) is 4.22. The molecular formula is C22H26N2O2S. The number of aryl methyl sites for hydroxylation is 1. The van der Waals surface area contributed by atoms with Gasteiger partial charge >= 0.3 is 0 Å². The molecule has 1 aromatic heterocycles. The van der Waals surface area contributed by atoms with Crippen LogP contribution in [-0.4, -0.2) is 13.4 Å². The fraction of sp³-hybridized carbons (Fsp3) is 0.318. The number of hydrogen-bond acceptors (Lipinski definition) is 3. The van der Waals surface area contributed by atoms with Gasteiger partial charge in [0.1, 0.15) is 0 Å². The van der Waals surface area contributed by atoms with Crippen LogP contribution in [0.2, 0.25) is 0 Å². The van der Waals surface area contributed by atoms with Gasteiger partial charge in [0, 0.05) is 11.6 Å². The molecule has 0 amide bonds. The Balaban J connectivity index is 1.69. The van der Waals surface area contributed by atoms with Gasteiger partial charge in [0.15, 0.2) is 0 Å². The molecule has 0 spiro atoms. The quantitative estimate of drug-likeness (QED) is 0.494. The number of fused-ring (bicyclic) bond motifs is 1. The Morgan fingerprint density at radius 3 is 2.41 bits per heavy atom. The number of sulfonamides is 1. The Bertz CT molecular complexity index is 977. The minimum atomic E-state index is -3.64. The van der Waals surface area contributed by atoms with Crippen LogP contribution in [-0.2, 0) is 16.4 Å². The summed E-state index contributed by atoms with van der Waals surface area (Å²) in [5.74, 6) is 0. The van der Waals surface area contributed by atoms with Crippen LogP contribution in [0.5, 0.6) is 0 Å². The first kappa shape index (κ1) is 19.4. The van der Waals surface area contributed by atoms with Crippen molar-refractivity contribution in [1.29, 1.82) is 0 Å². The molecular weight excluding hydrogens is 356 g/mol. The predicted octanol–water partition coefficient (Wildman–Crippen LogP) is 5.55. The molecule has 0 saturated heterocycles. The van der Waals surface area contributed by atoms with Crippen molar-refractivity contribution in [3.8, 4) is 0 Å². The van der Waals surface area contributed by atoms with Crippen LogP contribution in [0.15, 0.2) is 65.7 Å². The topological polar surface area (TPSA) is 59.1 Å². The Labute approximate surface area is 161 Å². The summed E-state index contributed by atoms with van der Waals surface area (Å²) < 4.78 is 28.2. The molecule has 0 aliphatic rings. The summed E-state index contributed by atoms with van der Waals surface area (Å²) in [6, 6.07) is 16.4. The van der Waals surface area contributed by atoms with Gasteiger partial charge in [0.05, 0.1) is 16.1 Å². The van der Waals surface area contributed by atoms with Gasteiger partial charge in [-0.2, -0.15) is 0 Å². The van der Waals surface area contributed by atoms with Gasteiger partial charge in [-0.3, -0.25) is 9.71 Å². The summed E-state index contributed by atoms with van der Waals surface area (Å²) in [5.41, 5.74) is 2.32. The maximum Gasteiger partial charge on any atom is 0.261 e. The van der Waals surface area contributed by atoms with Gasteiger partial charge in [-0.25, -0.2) is 8.42 Å². The molecule has 27 heavy (non-hydrogen) atoms. The summed E-state index contributed by atoms with van der Waals surface area (Å²) in [5, 5.41) is 0.899. The molecule has 1 heterocycles. The molecule has 0 atom stereocenters. The Morgan fingerprint density at radius 2 is 1.63 bits per heavy atom. The molecule has 3 rings (SSSR count). The average molecular weight is 383 g/mol. The second kappa shape index (κ2) is 9.00. The molecule has 0 aliphatic heterocycles. The molecule has 0 saturated carbocycles. The van der Waals surface area contributed by atoms with Crippen LogP contribution in [0.3, 0.4) is 0 Å². The highest BCUT2D eigenvalue weighted by molar-refractivity contribution is 7.92. The SMILES string of the molecule is CCCCCCCc1ccc(S(=O)(=O)Nc2cccc3cccnc23)cc1. The van der Waals surface area contributed by atoms with Gasteiger partial charge in [-0.05, 0) is 42.7 Å². The van der Waals surface area contributed by atoms with Crippen LogP contribution >= 0.6 is 0 Å². The van der Waals surface area contributed by atoms with Crippen LogP contribution in [0.1, 0.15) is 44.6 Å². The van der Waals surface area contributed by atoms with Crippen molar-refractivity contribution in [1.82, 2.24) is 4.98 Å². The molecule has 0 unspecified atom stereocenters. The van der Waals surface area contributed by atoms with E-state index in [1.807, 2.05) is 36.4 Å². The van der Waals surface area contributed by atoms with E-state index in [1.54, 1.807) is 24.4 Å². The minimum absolute atomic E-state index is 0.269. The highest BCUT2D eigenvalue weighted by Gasteiger charge is 2.15. The van der Waals surface area contributed by atoms with Crippen LogP contribution in [0, 0.1) is 0 Å². The number of benzene rings is 2. The zero-order valence-electron chi connectivity index (χ0n) is 15.7. The zero-order valence-corrected chi connectivity index (χ0v) is 16.5. The lowest BCUT2D eigenvalue weighted by Gasteiger charge is -2.10. The van der Waals surface area contributed by atoms with E-state index in [1.165, 1.54) is 31.2 Å². The number of para-hydroxylation sites is 1. The van der Waals surface area contributed by atoms with Crippen molar-refractivity contribution >= 4 is 26.6 Å². The van der Waals surface area contributed by atoms with Crippen molar-refractivity contribution in [3.05, 3.63) is 66.4 Å². The van der Waals surface area contributed by atoms with Crippen molar-refractivity contribution in [2.24, 2.45) is 0 Å². The number of nitrogens with zero attached hydrogens (tertiary/aromatic N) is 1. The average Bonchev–Trinajstić information content (AvgIpc) is 2.68. The second-order valence-electron chi connectivity index (χ2n) is 6.79. The van der Waals surface area contributed by atoms with Gasteiger partial charge in [0.25, 0.3) is 10.0 Å². The van der Waals surface area contributed by atoms with Crippen molar-refractivity contribution in [2.75, 3.05) is 4.72 Å². The first-order valence-corrected chi connectivity index (χ1v) is 11.0. The molecule has 4 nitrogen and oxygen atoms in total. The summed E-state index contributed by atoms with van der Waals surface area (Å²) >= 11 is 0. The summed E-state index contributed by atoms with van der Waals surface area (Å²) in [6.07, 6.45) is 8.82. The number of nitrogens with one attached hydrogen (secondary N) is 1. The number of aromatic nitrogens is 1. The van der Waals surface area contributed by atoms with Crippen LogP contribution in [0.25, 0.3) is 10.9 Å². The second-order valence-corrected chi connectivity index (χ2v) is 8.48. The highest BCUT2D eigenvalue weighted by Crippen LogP contribution is 2.24. The Morgan fingerprint density at radius 1 is 0.889 bits per heavy atom. The van der Waals surface area contributed by atoms with E-state index >= 15 is 0 Å². The third-order valence-electron chi connectivity index (χ3n) is 4.68. The third-order valence-corrected chi connectivity index (χ3v) is 6.06. The zero-order chi connectivity index (χ0) is 19.1. The maximum absolute atomic E-state index is 12.7. The Kier molecular flexibility index (Phi) is 6.45. The van der Waals surface area contributed by atoms with E-state index in [0.717, 1.165) is 18.2 Å². The van der Waals surface area contributed by atoms with E-state index in [2.05, 4.69) is 16.6 Å². The largest absolute Gasteiger partial charge is 0.277 e. The monoisotopic (exact) mass is 382 g/mol. The summed E-state index contributed by atoms with van der Waals surface area (Å²) in [6.45, 7) is 2.21. The molecule has 0 bridgehead atoms. The molecule has 0 radical (unpaired) electrons. The first-order valence-electron chi connectivity index (χ1n) is 9.55. The lowest BCUT2D eigenvalue weighted by atomic mass is 10.1. The smallest absolute Gasteiger partial charge is 0.261 e. The van der Waals surface area contributed by atoms with E-state index in [9.17, 15) is 8.42 Å². The molecule has 3 aromatic rings. The molecule has 142 valence electrons. The lowest BCUT2D eigenvalue weighted by molar-refractivity contribution is 0.601. The number of unbranched alkanes of at least 4 members (excludes halogenated alkanes) is 4. The third kappa shape index (κ3) is 5.07. The van der Waals surface area contributed by atoms with Gasteiger partial charge in [-0.1, -0.05) is 62.9 Å². The maximum atomic E-state index is 12.7. The number of pyridine rings is 1. The summed E-state index contributed by atoms with van der Waals surface area (Å²) in [7, 11) is -3.64. The van der Waals surface area contributed by atoms with Crippen molar-refractivity contribution < 1.29 is 8.42 Å². The molecule has 0 fully saturated rings. The molecule has 5 heteroatoms. The highest BCUT2D eigenvalue weighted by atomic mass is 32.2. The number of anilines is 1. The fourth-order valence-electron chi connectivity index (χ4n) is 3.16. The van der Waals surface area contributed by atoms with E-state index in [0.29, 0.717) is 11.2 Å². The molecule has 0 aliphatic carbocycles.